The Morgan fingerprint density at radius 2 is 1.97 bits per heavy atom. The smallest absolute Gasteiger partial charge is 0.391 e. The van der Waals surface area contributed by atoms with Crippen molar-refractivity contribution in [2.24, 2.45) is 5.92 Å². The molecule has 1 atom stereocenters. The van der Waals surface area contributed by atoms with Gasteiger partial charge in [-0.05, 0) is 56.7 Å². The molecule has 1 aliphatic rings. The number of benzene rings is 1. The molecule has 12 heteroatoms. The standard InChI is InChI=1S/C25H34F3N3O5S/c1-5-30(15-24(33)10-8-19(9-11-24)37(4,34)35)23(32)20-14-31(16-29-20)21-7-6-18(13-22(21)36-3)12-17(2)25(26,27)28/h6-7,13-14,16-17,19,33H,5,8-12,15H2,1-4H3/t17-,19?,24?/m0/s1. The van der Waals surface area contributed by atoms with Crippen LogP contribution < -0.4 is 4.74 Å². The van der Waals surface area contributed by atoms with Gasteiger partial charge in [0.05, 0.1) is 29.6 Å². The summed E-state index contributed by atoms with van der Waals surface area (Å²) in [5, 5.41) is 10.6. The second-order valence-corrected chi connectivity index (χ2v) is 12.2. The molecule has 1 aromatic heterocycles. The number of halogens is 3. The van der Waals surface area contributed by atoms with Gasteiger partial charge in [0.1, 0.15) is 27.6 Å². The number of nitrogens with zero attached hydrogens (tertiary/aromatic N) is 3. The summed E-state index contributed by atoms with van der Waals surface area (Å²) < 4.78 is 69.5. The molecule has 1 aliphatic carbocycles. The van der Waals surface area contributed by atoms with Crippen molar-refractivity contribution in [1.82, 2.24) is 14.5 Å². The summed E-state index contributed by atoms with van der Waals surface area (Å²) in [6.45, 7) is 3.28. The lowest BCUT2D eigenvalue weighted by Gasteiger charge is -2.38. The van der Waals surface area contributed by atoms with Gasteiger partial charge in [0.25, 0.3) is 5.91 Å². The van der Waals surface area contributed by atoms with Crippen LogP contribution in [0.15, 0.2) is 30.7 Å². The van der Waals surface area contributed by atoms with Crippen molar-refractivity contribution in [2.45, 2.75) is 63.0 Å². The summed E-state index contributed by atoms with van der Waals surface area (Å²) in [6, 6.07) is 4.75. The molecule has 1 fully saturated rings. The van der Waals surface area contributed by atoms with E-state index >= 15 is 0 Å². The van der Waals surface area contributed by atoms with Crippen molar-refractivity contribution in [2.75, 3.05) is 26.5 Å². The van der Waals surface area contributed by atoms with E-state index in [9.17, 15) is 31.5 Å². The summed E-state index contributed by atoms with van der Waals surface area (Å²) in [5.74, 6) is -1.56. The number of likely N-dealkylation sites (N-methyl/N-ethyl adjacent to an activating group) is 1. The Morgan fingerprint density at radius 1 is 1.32 bits per heavy atom. The highest BCUT2D eigenvalue weighted by Gasteiger charge is 2.39. The molecule has 37 heavy (non-hydrogen) atoms. The van der Waals surface area contributed by atoms with Crippen LogP contribution in [-0.4, -0.2) is 77.4 Å². The number of aromatic nitrogens is 2. The fourth-order valence-electron chi connectivity index (χ4n) is 4.66. The van der Waals surface area contributed by atoms with Crippen LogP contribution in [0.4, 0.5) is 13.2 Å². The Labute approximate surface area is 215 Å². The number of sulfone groups is 1. The van der Waals surface area contributed by atoms with E-state index in [-0.39, 0.29) is 31.5 Å². The fraction of sp³-hybridized carbons (Fsp3) is 0.600. The molecule has 1 N–H and O–H groups in total. The van der Waals surface area contributed by atoms with Crippen LogP contribution in [0.1, 0.15) is 55.6 Å². The normalized spacial score (nSPS) is 21.5. The molecule has 8 nitrogen and oxygen atoms in total. The van der Waals surface area contributed by atoms with Crippen molar-refractivity contribution in [3.05, 3.63) is 42.0 Å². The van der Waals surface area contributed by atoms with Gasteiger partial charge in [-0.3, -0.25) is 4.79 Å². The van der Waals surface area contributed by atoms with Crippen LogP contribution in [0.5, 0.6) is 5.75 Å². The highest BCUT2D eigenvalue weighted by molar-refractivity contribution is 7.91. The van der Waals surface area contributed by atoms with Crippen molar-refractivity contribution >= 4 is 15.7 Å². The number of alkyl halides is 3. The Bertz CT molecular complexity index is 1200. The number of amides is 1. The molecule has 206 valence electrons. The maximum Gasteiger partial charge on any atom is 0.391 e. The van der Waals surface area contributed by atoms with E-state index in [1.807, 2.05) is 0 Å². The number of imidazole rings is 1. The summed E-state index contributed by atoms with van der Waals surface area (Å²) in [4.78, 5) is 18.9. The van der Waals surface area contributed by atoms with E-state index in [1.54, 1.807) is 29.7 Å². The zero-order valence-corrected chi connectivity index (χ0v) is 22.3. The molecule has 0 unspecified atom stereocenters. The summed E-state index contributed by atoms with van der Waals surface area (Å²) >= 11 is 0. The molecule has 1 heterocycles. The lowest BCUT2D eigenvalue weighted by atomic mass is 9.84. The number of carbonyl (C=O) groups is 1. The average molecular weight is 546 g/mol. The third-order valence-corrected chi connectivity index (χ3v) is 8.73. The SMILES string of the molecule is CCN(CC1(O)CCC(S(C)(=O)=O)CC1)C(=O)c1cn(-c2ccc(C[C@H](C)C(F)(F)F)cc2OC)cn1. The molecule has 2 aromatic rings. The first-order valence-corrected chi connectivity index (χ1v) is 14.1. The maximum absolute atomic E-state index is 13.2. The number of hydrogen-bond donors (Lipinski definition) is 1. The molecule has 0 radical (unpaired) electrons. The number of rotatable bonds is 9. The molecule has 1 saturated carbocycles. The Morgan fingerprint density at radius 3 is 2.51 bits per heavy atom. The third-order valence-electron chi connectivity index (χ3n) is 7.05. The number of aliphatic hydroxyl groups is 1. The van der Waals surface area contributed by atoms with Gasteiger partial charge in [-0.25, -0.2) is 13.4 Å². The van der Waals surface area contributed by atoms with Crippen molar-refractivity contribution < 1.29 is 36.2 Å². The minimum absolute atomic E-state index is 0.0566. The maximum atomic E-state index is 13.2. The van der Waals surface area contributed by atoms with Gasteiger partial charge < -0.3 is 19.3 Å². The van der Waals surface area contributed by atoms with Crippen LogP contribution in [-0.2, 0) is 16.3 Å². The minimum atomic E-state index is -4.29. The zero-order valence-electron chi connectivity index (χ0n) is 21.5. The van der Waals surface area contributed by atoms with Crippen molar-refractivity contribution in [3.8, 4) is 11.4 Å². The van der Waals surface area contributed by atoms with E-state index in [1.165, 1.54) is 30.8 Å². The largest absolute Gasteiger partial charge is 0.495 e. The van der Waals surface area contributed by atoms with Crippen LogP contribution >= 0.6 is 0 Å². The first kappa shape index (κ1) is 29.0. The molecule has 0 bridgehead atoms. The third kappa shape index (κ3) is 7.04. The predicted molar refractivity (Wildman–Crippen MR) is 133 cm³/mol. The predicted octanol–water partition coefficient (Wildman–Crippen LogP) is 3.80. The highest BCUT2D eigenvalue weighted by atomic mass is 32.2. The van der Waals surface area contributed by atoms with Gasteiger partial charge >= 0.3 is 6.18 Å². The molecule has 0 aliphatic heterocycles. The van der Waals surface area contributed by atoms with Gasteiger partial charge in [0.15, 0.2) is 0 Å². The number of methoxy groups -OCH3 is 1. The summed E-state index contributed by atoms with van der Waals surface area (Å²) in [7, 11) is -1.77. The van der Waals surface area contributed by atoms with Crippen LogP contribution in [0.25, 0.3) is 5.69 Å². The lowest BCUT2D eigenvalue weighted by molar-refractivity contribution is -0.169. The number of ether oxygens (including phenoxy) is 1. The second-order valence-electron chi connectivity index (χ2n) is 9.89. The van der Waals surface area contributed by atoms with Crippen molar-refractivity contribution in [3.63, 3.8) is 0 Å². The fourth-order valence-corrected chi connectivity index (χ4v) is 5.75. The van der Waals surface area contributed by atoms with Crippen LogP contribution in [0, 0.1) is 5.92 Å². The number of carbonyl (C=O) groups excluding carboxylic acids is 1. The molecule has 3 rings (SSSR count). The van der Waals surface area contributed by atoms with Gasteiger partial charge in [-0.15, -0.1) is 0 Å². The molecule has 1 amide bonds. The van der Waals surface area contributed by atoms with Gasteiger partial charge in [0.2, 0.25) is 0 Å². The highest BCUT2D eigenvalue weighted by Crippen LogP contribution is 2.33. The minimum Gasteiger partial charge on any atom is -0.495 e. The lowest BCUT2D eigenvalue weighted by Crippen LogP contribution is -2.49. The monoisotopic (exact) mass is 545 g/mol. The van der Waals surface area contributed by atoms with E-state index in [2.05, 4.69) is 4.98 Å². The van der Waals surface area contributed by atoms with E-state index in [4.69, 9.17) is 4.74 Å². The molecule has 0 saturated heterocycles. The molecule has 1 aromatic carbocycles. The van der Waals surface area contributed by atoms with Crippen molar-refractivity contribution in [1.29, 1.82) is 0 Å². The van der Waals surface area contributed by atoms with Gasteiger partial charge in [-0.2, -0.15) is 13.2 Å². The van der Waals surface area contributed by atoms with Crippen LogP contribution in [0.3, 0.4) is 0 Å². The average Bonchev–Trinajstić information content (AvgIpc) is 3.31. The Kier molecular flexibility index (Phi) is 8.63. The van der Waals surface area contributed by atoms with E-state index in [0.29, 0.717) is 36.4 Å². The van der Waals surface area contributed by atoms with Crippen LogP contribution in [0.2, 0.25) is 0 Å². The molecular formula is C25H34F3N3O5S. The molecular weight excluding hydrogens is 511 g/mol. The molecule has 0 spiro atoms. The van der Waals surface area contributed by atoms with Gasteiger partial charge in [0, 0.05) is 25.5 Å². The second kappa shape index (κ2) is 11.0. The first-order chi connectivity index (χ1) is 17.2. The van der Waals surface area contributed by atoms with E-state index in [0.717, 1.165) is 6.92 Å². The van der Waals surface area contributed by atoms with E-state index < -0.39 is 38.7 Å². The topological polar surface area (TPSA) is 102 Å². The zero-order chi connectivity index (χ0) is 27.6. The summed E-state index contributed by atoms with van der Waals surface area (Å²) in [5.41, 5.74) is -0.0645. The quantitative estimate of drug-likeness (QED) is 0.514. The summed E-state index contributed by atoms with van der Waals surface area (Å²) in [6.07, 6.45) is 0.879. The van der Waals surface area contributed by atoms with Gasteiger partial charge in [-0.1, -0.05) is 13.0 Å². The number of hydrogen-bond acceptors (Lipinski definition) is 6. The Balaban J connectivity index is 1.74. The Hall–Kier alpha value is -2.60. The first-order valence-electron chi connectivity index (χ1n) is 12.2.